The number of carbonyl (C=O) groups is 1. The smallest absolute Gasteiger partial charge is 0.317 e. The molecule has 0 saturated heterocycles. The molecule has 0 aliphatic heterocycles. The maximum Gasteiger partial charge on any atom is 0.317 e. The van der Waals surface area contributed by atoms with Crippen LogP contribution in [0.4, 0.5) is 0 Å². The van der Waals surface area contributed by atoms with Gasteiger partial charge in [0, 0.05) is 0 Å². The Labute approximate surface area is 73.6 Å². The van der Waals surface area contributed by atoms with Crippen molar-refractivity contribution in [2.75, 3.05) is 13.1 Å². The molecule has 0 fully saturated rings. The Hall–Kier alpha value is -0.280. The Morgan fingerprint density at radius 1 is 1.55 bits per heavy atom. The molecule has 0 amide bonds. The quantitative estimate of drug-likeness (QED) is 0.626. The molecule has 0 saturated carbocycles. The van der Waals surface area contributed by atoms with Crippen LogP contribution in [0.15, 0.2) is 0 Å². The molecule has 0 atom stereocenters. The van der Waals surface area contributed by atoms with Gasteiger partial charge in [-0.1, -0.05) is 13.8 Å². The summed E-state index contributed by atoms with van der Waals surface area (Å²) < 4.78 is 0. The summed E-state index contributed by atoms with van der Waals surface area (Å²) in [6.45, 7) is 5.10. The van der Waals surface area contributed by atoms with Crippen LogP contribution >= 0.6 is 12.4 Å². The SMILES string of the molecule is CC(C)CCNCC(=O)O.Cl. The van der Waals surface area contributed by atoms with Gasteiger partial charge in [-0.3, -0.25) is 4.79 Å². The maximum absolute atomic E-state index is 9.98. The molecule has 0 aromatic carbocycles. The molecule has 0 radical (unpaired) electrons. The zero-order valence-corrected chi connectivity index (χ0v) is 7.78. The Kier molecular flexibility index (Phi) is 9.47. The third-order valence-corrected chi connectivity index (χ3v) is 1.17. The van der Waals surface area contributed by atoms with E-state index in [1.54, 1.807) is 0 Å². The van der Waals surface area contributed by atoms with E-state index in [-0.39, 0.29) is 19.0 Å². The van der Waals surface area contributed by atoms with E-state index < -0.39 is 5.97 Å². The van der Waals surface area contributed by atoms with E-state index in [4.69, 9.17) is 5.11 Å². The number of rotatable bonds is 5. The second-order valence-corrected chi connectivity index (χ2v) is 2.75. The summed E-state index contributed by atoms with van der Waals surface area (Å²) in [5.74, 6) is -0.148. The molecule has 11 heavy (non-hydrogen) atoms. The van der Waals surface area contributed by atoms with Crippen LogP contribution in [0.2, 0.25) is 0 Å². The van der Waals surface area contributed by atoms with Crippen molar-refractivity contribution in [3.8, 4) is 0 Å². The average Bonchev–Trinajstić information content (AvgIpc) is 1.79. The van der Waals surface area contributed by atoms with Crippen molar-refractivity contribution in [1.82, 2.24) is 5.32 Å². The van der Waals surface area contributed by atoms with Gasteiger partial charge in [0.05, 0.1) is 6.54 Å². The summed E-state index contributed by atoms with van der Waals surface area (Å²) in [5, 5.41) is 11.0. The van der Waals surface area contributed by atoms with Crippen LogP contribution in [0, 0.1) is 5.92 Å². The van der Waals surface area contributed by atoms with E-state index in [1.807, 2.05) is 0 Å². The van der Waals surface area contributed by atoms with Gasteiger partial charge in [-0.15, -0.1) is 12.4 Å². The van der Waals surface area contributed by atoms with Gasteiger partial charge >= 0.3 is 5.97 Å². The largest absolute Gasteiger partial charge is 0.480 e. The van der Waals surface area contributed by atoms with Crippen molar-refractivity contribution in [2.45, 2.75) is 20.3 Å². The summed E-state index contributed by atoms with van der Waals surface area (Å²) >= 11 is 0. The van der Waals surface area contributed by atoms with Gasteiger partial charge in [-0.25, -0.2) is 0 Å². The van der Waals surface area contributed by atoms with Gasteiger partial charge in [0.2, 0.25) is 0 Å². The lowest BCUT2D eigenvalue weighted by Crippen LogP contribution is -2.24. The second-order valence-electron chi connectivity index (χ2n) is 2.75. The van der Waals surface area contributed by atoms with E-state index in [2.05, 4.69) is 19.2 Å². The Bertz CT molecular complexity index is 107. The van der Waals surface area contributed by atoms with Gasteiger partial charge in [0.15, 0.2) is 0 Å². The number of halogens is 1. The molecule has 0 heterocycles. The predicted molar refractivity (Wildman–Crippen MR) is 47.2 cm³/mol. The first kappa shape index (κ1) is 13.3. The minimum atomic E-state index is -0.788. The normalized spacial score (nSPS) is 9.36. The molecule has 0 aromatic heterocycles. The molecule has 0 rings (SSSR count). The van der Waals surface area contributed by atoms with Crippen molar-refractivity contribution >= 4 is 18.4 Å². The van der Waals surface area contributed by atoms with E-state index in [0.717, 1.165) is 13.0 Å². The molecule has 0 aliphatic carbocycles. The topological polar surface area (TPSA) is 49.3 Å². The fourth-order valence-electron chi connectivity index (χ4n) is 0.586. The summed E-state index contributed by atoms with van der Waals surface area (Å²) in [5.41, 5.74) is 0. The van der Waals surface area contributed by atoms with Crippen molar-refractivity contribution < 1.29 is 9.90 Å². The molecule has 4 heteroatoms. The standard InChI is InChI=1S/C7H15NO2.ClH/c1-6(2)3-4-8-5-7(9)10;/h6,8H,3-5H2,1-2H3,(H,9,10);1H. The lowest BCUT2D eigenvalue weighted by Gasteiger charge is -2.03. The highest BCUT2D eigenvalue weighted by Gasteiger charge is 1.95. The number of hydrogen-bond acceptors (Lipinski definition) is 2. The molecule has 0 aliphatic rings. The third-order valence-electron chi connectivity index (χ3n) is 1.17. The van der Waals surface area contributed by atoms with Gasteiger partial charge in [0.1, 0.15) is 0 Å². The molecule has 68 valence electrons. The van der Waals surface area contributed by atoms with Gasteiger partial charge in [-0.05, 0) is 18.9 Å². The van der Waals surface area contributed by atoms with E-state index in [1.165, 1.54) is 0 Å². The van der Waals surface area contributed by atoms with Crippen molar-refractivity contribution in [1.29, 1.82) is 0 Å². The molecule has 0 bridgehead atoms. The first-order chi connectivity index (χ1) is 4.63. The Morgan fingerprint density at radius 2 is 2.09 bits per heavy atom. The Balaban J connectivity index is 0. The molecule has 0 unspecified atom stereocenters. The third kappa shape index (κ3) is 12.8. The minimum Gasteiger partial charge on any atom is -0.480 e. The Morgan fingerprint density at radius 3 is 2.45 bits per heavy atom. The highest BCUT2D eigenvalue weighted by Crippen LogP contribution is 1.95. The molecule has 0 aromatic rings. The summed E-state index contributed by atoms with van der Waals surface area (Å²) in [6.07, 6.45) is 1.04. The van der Waals surface area contributed by atoms with Crippen LogP contribution in [0.3, 0.4) is 0 Å². The zero-order chi connectivity index (χ0) is 7.98. The highest BCUT2D eigenvalue weighted by atomic mass is 35.5. The lowest BCUT2D eigenvalue weighted by molar-refractivity contribution is -0.135. The van der Waals surface area contributed by atoms with Crippen LogP contribution < -0.4 is 5.32 Å². The second kappa shape index (κ2) is 7.82. The van der Waals surface area contributed by atoms with Crippen LogP contribution in [-0.2, 0) is 4.79 Å². The van der Waals surface area contributed by atoms with Gasteiger partial charge < -0.3 is 10.4 Å². The number of aliphatic carboxylic acids is 1. The number of nitrogens with one attached hydrogen (secondary N) is 1. The first-order valence-electron chi connectivity index (χ1n) is 3.55. The fraction of sp³-hybridized carbons (Fsp3) is 0.857. The lowest BCUT2D eigenvalue weighted by atomic mass is 10.1. The number of hydrogen-bond donors (Lipinski definition) is 2. The van der Waals surface area contributed by atoms with Crippen molar-refractivity contribution in [3.63, 3.8) is 0 Å². The molecule has 0 spiro atoms. The van der Waals surface area contributed by atoms with Gasteiger partial charge in [0.25, 0.3) is 0 Å². The fourth-order valence-corrected chi connectivity index (χ4v) is 0.586. The average molecular weight is 182 g/mol. The van der Waals surface area contributed by atoms with Crippen LogP contribution in [-0.4, -0.2) is 24.2 Å². The molecular formula is C7H16ClNO2. The number of carboxylic acids is 1. The van der Waals surface area contributed by atoms with Crippen molar-refractivity contribution in [3.05, 3.63) is 0 Å². The van der Waals surface area contributed by atoms with E-state index in [0.29, 0.717) is 5.92 Å². The molecule has 2 N–H and O–H groups in total. The monoisotopic (exact) mass is 181 g/mol. The predicted octanol–water partition coefficient (Wildman–Crippen LogP) is 1.13. The van der Waals surface area contributed by atoms with Crippen molar-refractivity contribution in [2.24, 2.45) is 5.92 Å². The number of carboxylic acid groups (broad SMARTS) is 1. The van der Waals surface area contributed by atoms with Gasteiger partial charge in [-0.2, -0.15) is 0 Å². The molecular weight excluding hydrogens is 166 g/mol. The van der Waals surface area contributed by atoms with Crippen LogP contribution in [0.25, 0.3) is 0 Å². The van der Waals surface area contributed by atoms with Crippen LogP contribution in [0.5, 0.6) is 0 Å². The van der Waals surface area contributed by atoms with E-state index >= 15 is 0 Å². The molecule has 3 nitrogen and oxygen atoms in total. The highest BCUT2D eigenvalue weighted by molar-refractivity contribution is 5.85. The first-order valence-corrected chi connectivity index (χ1v) is 3.55. The van der Waals surface area contributed by atoms with E-state index in [9.17, 15) is 4.79 Å². The summed E-state index contributed by atoms with van der Waals surface area (Å²) in [4.78, 5) is 9.98. The maximum atomic E-state index is 9.98. The zero-order valence-electron chi connectivity index (χ0n) is 6.96. The summed E-state index contributed by atoms with van der Waals surface area (Å²) in [7, 11) is 0. The van der Waals surface area contributed by atoms with Crippen LogP contribution in [0.1, 0.15) is 20.3 Å². The summed E-state index contributed by atoms with van der Waals surface area (Å²) in [6, 6.07) is 0. The minimum absolute atomic E-state index is 0.